The van der Waals surface area contributed by atoms with Gasteiger partial charge >= 0.3 is 0 Å². The summed E-state index contributed by atoms with van der Waals surface area (Å²) in [6, 6.07) is 0. The molecule has 1 aliphatic rings. The lowest BCUT2D eigenvalue weighted by Crippen LogP contribution is -2.04. The van der Waals surface area contributed by atoms with Crippen LogP contribution in [0.25, 0.3) is 0 Å². The van der Waals surface area contributed by atoms with E-state index in [1.54, 1.807) is 0 Å². The molecule has 0 radical (unpaired) electrons. The first-order chi connectivity index (χ1) is 6.25. The molecule has 0 aromatic carbocycles. The Morgan fingerprint density at radius 1 is 0.923 bits per heavy atom. The topological polar surface area (TPSA) is 90.7 Å². The van der Waals surface area contributed by atoms with Crippen LogP contribution in [0.15, 0.2) is 28.1 Å². The highest BCUT2D eigenvalue weighted by Gasteiger charge is 2.08. The minimum absolute atomic E-state index is 0.179. The van der Waals surface area contributed by atoms with Crippen LogP contribution >= 0.6 is 10.9 Å². The molecule has 13 heavy (non-hydrogen) atoms. The average Bonchev–Trinajstić information content (AvgIpc) is 2.53. The number of aromatic nitrogens is 3. The Bertz CT molecular complexity index is 354. The van der Waals surface area contributed by atoms with Crippen molar-refractivity contribution in [1.29, 1.82) is 0 Å². The Labute approximate surface area is 77.9 Å². The van der Waals surface area contributed by atoms with Gasteiger partial charge in [-0.15, -0.1) is 0 Å². The van der Waals surface area contributed by atoms with Gasteiger partial charge in [0.2, 0.25) is 11.9 Å². The van der Waals surface area contributed by atoms with Crippen LogP contribution in [0.5, 0.6) is 0 Å². The van der Waals surface area contributed by atoms with E-state index < -0.39 is 10.9 Å². The van der Waals surface area contributed by atoms with Gasteiger partial charge in [-0.05, 0) is 10.8 Å². The SMILES string of the molecule is Nc1nc(N)nc([SH]2C=CC=C2)n1. The molecule has 0 amide bonds. The predicted octanol–water partition coefficient (Wildman–Crippen LogP) is 0.437. The number of nitrogen functional groups attached to an aromatic ring is 2. The van der Waals surface area contributed by atoms with Crippen molar-refractivity contribution in [2.24, 2.45) is 0 Å². The summed E-state index contributed by atoms with van der Waals surface area (Å²) in [4.78, 5) is 11.7. The fourth-order valence-corrected chi connectivity index (χ4v) is 2.35. The van der Waals surface area contributed by atoms with Gasteiger partial charge in [-0.3, -0.25) is 0 Å². The van der Waals surface area contributed by atoms with E-state index >= 15 is 0 Å². The van der Waals surface area contributed by atoms with E-state index in [0.717, 1.165) is 0 Å². The first-order valence-electron chi connectivity index (χ1n) is 3.66. The molecule has 0 saturated heterocycles. The average molecular weight is 195 g/mol. The van der Waals surface area contributed by atoms with Gasteiger partial charge in [0.15, 0.2) is 5.16 Å². The molecule has 0 saturated carbocycles. The summed E-state index contributed by atoms with van der Waals surface area (Å²) in [6.07, 6.45) is 3.92. The van der Waals surface area contributed by atoms with Crippen LogP contribution in [0.4, 0.5) is 11.9 Å². The summed E-state index contributed by atoms with van der Waals surface area (Å²) < 4.78 is 0. The van der Waals surface area contributed by atoms with E-state index in [2.05, 4.69) is 15.0 Å². The molecule has 0 aliphatic carbocycles. The predicted molar refractivity (Wildman–Crippen MR) is 54.2 cm³/mol. The van der Waals surface area contributed by atoms with Gasteiger partial charge < -0.3 is 11.5 Å². The third-order valence-corrected chi connectivity index (χ3v) is 3.14. The molecule has 1 aliphatic heterocycles. The van der Waals surface area contributed by atoms with Crippen LogP contribution < -0.4 is 11.5 Å². The number of rotatable bonds is 1. The van der Waals surface area contributed by atoms with E-state index in [9.17, 15) is 0 Å². The Morgan fingerprint density at radius 3 is 2.00 bits per heavy atom. The highest BCUT2D eigenvalue weighted by Crippen LogP contribution is 2.39. The summed E-state index contributed by atoms with van der Waals surface area (Å²) in [5, 5.41) is 4.72. The second kappa shape index (κ2) is 3.06. The fourth-order valence-electron chi connectivity index (χ4n) is 0.981. The van der Waals surface area contributed by atoms with Gasteiger partial charge in [0.25, 0.3) is 0 Å². The van der Waals surface area contributed by atoms with Crippen LogP contribution in [0.2, 0.25) is 0 Å². The van der Waals surface area contributed by atoms with Crippen molar-refractivity contribution >= 4 is 22.8 Å². The van der Waals surface area contributed by atoms with Gasteiger partial charge in [0.05, 0.1) is 0 Å². The first kappa shape index (κ1) is 8.06. The zero-order valence-electron chi connectivity index (χ0n) is 6.75. The minimum Gasteiger partial charge on any atom is -0.368 e. The molecule has 68 valence electrons. The lowest BCUT2D eigenvalue weighted by molar-refractivity contribution is 0.930. The summed E-state index contributed by atoms with van der Waals surface area (Å²) in [7, 11) is -0.556. The molecule has 6 heteroatoms. The van der Waals surface area contributed by atoms with Crippen LogP contribution in [0, 0.1) is 0 Å². The number of anilines is 2. The van der Waals surface area contributed by atoms with Gasteiger partial charge in [-0.2, -0.15) is 25.8 Å². The molecular formula is C7H9N5S. The maximum atomic E-state index is 5.45. The quantitative estimate of drug-likeness (QED) is 0.565. The van der Waals surface area contributed by atoms with E-state index in [0.29, 0.717) is 5.16 Å². The normalized spacial score (nSPS) is 16.8. The lowest BCUT2D eigenvalue weighted by Gasteiger charge is -2.07. The van der Waals surface area contributed by atoms with Crippen LogP contribution in [-0.2, 0) is 0 Å². The molecule has 0 fully saturated rings. The molecule has 2 heterocycles. The molecule has 4 N–H and O–H groups in total. The second-order valence-corrected chi connectivity index (χ2v) is 4.25. The van der Waals surface area contributed by atoms with Crippen molar-refractivity contribution in [3.8, 4) is 0 Å². The third-order valence-electron chi connectivity index (χ3n) is 1.49. The number of nitrogens with zero attached hydrogens (tertiary/aromatic N) is 3. The zero-order valence-corrected chi connectivity index (χ0v) is 7.65. The Morgan fingerprint density at radius 2 is 1.46 bits per heavy atom. The van der Waals surface area contributed by atoms with Crippen LogP contribution in [-0.4, -0.2) is 15.0 Å². The van der Waals surface area contributed by atoms with Crippen molar-refractivity contribution in [2.45, 2.75) is 5.16 Å². The molecule has 1 aromatic heterocycles. The molecule has 0 unspecified atom stereocenters. The number of hydrogen-bond acceptors (Lipinski definition) is 5. The molecular weight excluding hydrogens is 186 g/mol. The standard InChI is InChI=1S/C7H9N5S/c8-5-10-6(9)12-7(11-5)13-3-1-2-4-13/h1-4,13H,(H4,8,9,10,11,12). The number of nitrogens with two attached hydrogens (primary N) is 2. The minimum atomic E-state index is -0.556. The van der Waals surface area contributed by atoms with Crippen molar-refractivity contribution in [2.75, 3.05) is 11.5 Å². The first-order valence-corrected chi connectivity index (χ1v) is 5.14. The van der Waals surface area contributed by atoms with E-state index in [1.807, 2.05) is 23.0 Å². The maximum absolute atomic E-state index is 5.45. The monoisotopic (exact) mass is 195 g/mol. The van der Waals surface area contributed by atoms with Gasteiger partial charge in [-0.25, -0.2) is 0 Å². The Balaban J connectivity index is 2.40. The third kappa shape index (κ3) is 1.62. The number of hydrogen-bond donors (Lipinski definition) is 3. The highest BCUT2D eigenvalue weighted by atomic mass is 32.2. The van der Waals surface area contributed by atoms with Crippen molar-refractivity contribution < 1.29 is 0 Å². The molecule has 2 rings (SSSR count). The Kier molecular flexibility index (Phi) is 1.90. The van der Waals surface area contributed by atoms with Gasteiger partial charge in [-0.1, -0.05) is 12.2 Å². The highest BCUT2D eigenvalue weighted by molar-refractivity contribution is 8.22. The van der Waals surface area contributed by atoms with Crippen molar-refractivity contribution in [3.05, 3.63) is 23.0 Å². The molecule has 0 atom stereocenters. The maximum Gasteiger partial charge on any atom is 0.225 e. The van der Waals surface area contributed by atoms with E-state index in [1.165, 1.54) is 0 Å². The van der Waals surface area contributed by atoms with Gasteiger partial charge in [0, 0.05) is 0 Å². The Hall–Kier alpha value is -1.56. The number of thiol groups is 1. The second-order valence-electron chi connectivity index (χ2n) is 2.44. The molecule has 0 bridgehead atoms. The molecule has 1 aromatic rings. The fraction of sp³-hybridized carbons (Fsp3) is 0. The zero-order chi connectivity index (χ0) is 9.26. The van der Waals surface area contributed by atoms with Crippen LogP contribution in [0.3, 0.4) is 0 Å². The van der Waals surface area contributed by atoms with Gasteiger partial charge in [0.1, 0.15) is 0 Å². The number of allylic oxidation sites excluding steroid dienone is 2. The summed E-state index contributed by atoms with van der Waals surface area (Å²) in [5.74, 6) is 0.359. The molecule has 5 nitrogen and oxygen atoms in total. The largest absolute Gasteiger partial charge is 0.368 e. The summed E-state index contributed by atoms with van der Waals surface area (Å²) in [6.45, 7) is 0. The summed E-state index contributed by atoms with van der Waals surface area (Å²) in [5.41, 5.74) is 10.9. The lowest BCUT2D eigenvalue weighted by atomic mass is 10.6. The smallest absolute Gasteiger partial charge is 0.225 e. The molecule has 0 spiro atoms. The van der Waals surface area contributed by atoms with Crippen molar-refractivity contribution in [3.63, 3.8) is 0 Å². The van der Waals surface area contributed by atoms with E-state index in [-0.39, 0.29) is 11.9 Å². The summed E-state index contributed by atoms with van der Waals surface area (Å²) >= 11 is 0. The van der Waals surface area contributed by atoms with Crippen LogP contribution in [0.1, 0.15) is 0 Å². The van der Waals surface area contributed by atoms with Crippen molar-refractivity contribution in [1.82, 2.24) is 15.0 Å². The van der Waals surface area contributed by atoms with E-state index in [4.69, 9.17) is 11.5 Å².